The molecule has 0 unspecified atom stereocenters. The van der Waals surface area contributed by atoms with Crippen LogP contribution in [-0.4, -0.2) is 43.5 Å². The molecule has 8 heteroatoms. The molecule has 0 bridgehead atoms. The molecule has 1 amide bonds. The summed E-state index contributed by atoms with van der Waals surface area (Å²) in [6.45, 7) is 2.19. The highest BCUT2D eigenvalue weighted by molar-refractivity contribution is 9.10. The number of likely N-dealkylation sites (tertiary alicyclic amines) is 1. The molecule has 1 aliphatic heterocycles. The van der Waals surface area contributed by atoms with E-state index in [1.54, 1.807) is 12.4 Å². The summed E-state index contributed by atoms with van der Waals surface area (Å²) in [5.74, 6) is 1.50. The molecule has 0 atom stereocenters. The number of nitrogens with zero attached hydrogens (tertiary/aromatic N) is 5. The number of amides is 1. The minimum absolute atomic E-state index is 0.294. The Morgan fingerprint density at radius 1 is 1.09 bits per heavy atom. The molecule has 4 aromatic rings. The maximum Gasteiger partial charge on any atom is 0.233 e. The first-order valence-corrected chi connectivity index (χ1v) is 13.0. The number of halogens is 1. The van der Waals surface area contributed by atoms with E-state index in [0.717, 1.165) is 71.5 Å². The molecule has 6 rings (SSSR count). The summed E-state index contributed by atoms with van der Waals surface area (Å²) >= 11 is 3.60. The van der Waals surface area contributed by atoms with Gasteiger partial charge in [-0.05, 0) is 58.8 Å². The predicted octanol–water partition coefficient (Wildman–Crippen LogP) is 4.94. The number of hydrogen-bond acceptors (Lipinski definition) is 5. The minimum Gasteiger partial charge on any atom is -0.366 e. The lowest BCUT2D eigenvalue weighted by Crippen LogP contribution is -2.43. The van der Waals surface area contributed by atoms with Crippen LogP contribution in [0.2, 0.25) is 0 Å². The summed E-state index contributed by atoms with van der Waals surface area (Å²) in [7, 11) is 0. The maximum atomic E-state index is 13.5. The molecule has 0 spiro atoms. The van der Waals surface area contributed by atoms with Crippen LogP contribution in [0.1, 0.15) is 48.4 Å². The van der Waals surface area contributed by atoms with Gasteiger partial charge < -0.3 is 10.2 Å². The van der Waals surface area contributed by atoms with Crippen molar-refractivity contribution in [3.63, 3.8) is 0 Å². The molecule has 1 saturated carbocycles. The van der Waals surface area contributed by atoms with Crippen molar-refractivity contribution in [1.82, 2.24) is 24.5 Å². The number of carbonyl (C=O) groups excluding carboxylic acids is 1. The molecule has 1 N–H and O–H groups in total. The van der Waals surface area contributed by atoms with Crippen molar-refractivity contribution in [2.45, 2.75) is 43.6 Å². The van der Waals surface area contributed by atoms with E-state index in [1.165, 1.54) is 0 Å². The van der Waals surface area contributed by atoms with Crippen molar-refractivity contribution in [3.05, 3.63) is 88.4 Å². The summed E-state index contributed by atoms with van der Waals surface area (Å²) in [6, 6.07) is 16.4. The minimum atomic E-state index is -0.295. The van der Waals surface area contributed by atoms with Gasteiger partial charge in [-0.2, -0.15) is 9.61 Å². The van der Waals surface area contributed by atoms with Gasteiger partial charge in [-0.1, -0.05) is 36.4 Å². The molecular weight excluding hydrogens is 504 g/mol. The second-order valence-corrected chi connectivity index (χ2v) is 10.4. The Labute approximate surface area is 212 Å². The van der Waals surface area contributed by atoms with Gasteiger partial charge in [-0.25, -0.2) is 4.98 Å². The number of nitrogens with one attached hydrogen (secondary N) is 1. The standard InChI is InChI=1S/C27H27BrN6O/c28-22-18-31-34-24(30-17-19-5-4-12-29-16-19)15-23(32-25(22)34)20-8-13-33(14-9-20)26(35)27(10-11-27)21-6-2-1-3-7-21/h1-7,12,15-16,18,20,30H,8-11,13-14,17H2. The first-order chi connectivity index (χ1) is 17.1. The van der Waals surface area contributed by atoms with E-state index < -0.39 is 0 Å². The highest BCUT2D eigenvalue weighted by Crippen LogP contribution is 2.50. The number of carbonyl (C=O) groups is 1. The van der Waals surface area contributed by atoms with Gasteiger partial charge in [-0.3, -0.25) is 9.78 Å². The van der Waals surface area contributed by atoms with E-state index in [2.05, 4.69) is 54.4 Å². The fourth-order valence-corrected chi connectivity index (χ4v) is 5.52. The zero-order valence-electron chi connectivity index (χ0n) is 19.4. The maximum absolute atomic E-state index is 13.5. The molecule has 1 aliphatic carbocycles. The summed E-state index contributed by atoms with van der Waals surface area (Å²) < 4.78 is 2.70. The summed E-state index contributed by atoms with van der Waals surface area (Å²) in [5, 5.41) is 8.00. The first kappa shape index (κ1) is 22.2. The van der Waals surface area contributed by atoms with Crippen LogP contribution in [0, 0.1) is 0 Å². The number of piperidine rings is 1. The van der Waals surface area contributed by atoms with Crippen molar-refractivity contribution >= 4 is 33.3 Å². The predicted molar refractivity (Wildman–Crippen MR) is 138 cm³/mol. The number of aromatic nitrogens is 4. The highest BCUT2D eigenvalue weighted by atomic mass is 79.9. The smallest absolute Gasteiger partial charge is 0.233 e. The Morgan fingerprint density at radius 2 is 1.89 bits per heavy atom. The molecule has 7 nitrogen and oxygen atoms in total. The number of fused-ring (bicyclic) bond motifs is 1. The lowest BCUT2D eigenvalue weighted by atomic mass is 9.90. The van der Waals surface area contributed by atoms with Crippen LogP contribution in [-0.2, 0) is 16.8 Å². The molecule has 4 heterocycles. The van der Waals surface area contributed by atoms with E-state index in [1.807, 2.05) is 41.0 Å². The van der Waals surface area contributed by atoms with Crippen LogP contribution in [0.5, 0.6) is 0 Å². The Kier molecular flexibility index (Phi) is 5.76. The number of hydrogen-bond donors (Lipinski definition) is 1. The average molecular weight is 531 g/mol. The lowest BCUT2D eigenvalue weighted by molar-refractivity contribution is -0.135. The van der Waals surface area contributed by atoms with E-state index >= 15 is 0 Å². The highest BCUT2D eigenvalue weighted by Gasteiger charge is 2.53. The number of anilines is 1. The fourth-order valence-electron chi connectivity index (χ4n) is 5.17. The van der Waals surface area contributed by atoms with Crippen LogP contribution >= 0.6 is 15.9 Å². The molecule has 1 aromatic carbocycles. The second kappa shape index (κ2) is 9.07. The molecule has 35 heavy (non-hydrogen) atoms. The van der Waals surface area contributed by atoms with Crippen molar-refractivity contribution in [2.75, 3.05) is 18.4 Å². The summed E-state index contributed by atoms with van der Waals surface area (Å²) in [6.07, 6.45) is 9.14. The van der Waals surface area contributed by atoms with Gasteiger partial charge in [0.1, 0.15) is 5.82 Å². The molecule has 2 fully saturated rings. The van der Waals surface area contributed by atoms with Crippen molar-refractivity contribution in [3.8, 4) is 0 Å². The fraction of sp³-hybridized carbons (Fsp3) is 0.333. The zero-order valence-corrected chi connectivity index (χ0v) is 21.0. The van der Waals surface area contributed by atoms with Crippen LogP contribution in [0.3, 0.4) is 0 Å². The third-order valence-corrected chi connectivity index (χ3v) is 7.89. The number of benzene rings is 1. The van der Waals surface area contributed by atoms with Crippen molar-refractivity contribution in [1.29, 1.82) is 0 Å². The van der Waals surface area contributed by atoms with E-state index in [0.29, 0.717) is 18.4 Å². The molecular formula is C27H27BrN6O. The Hall–Kier alpha value is -3.26. The van der Waals surface area contributed by atoms with Gasteiger partial charge in [0.05, 0.1) is 16.1 Å². The molecule has 178 valence electrons. The van der Waals surface area contributed by atoms with Gasteiger partial charge in [0.2, 0.25) is 5.91 Å². The normalized spacial score (nSPS) is 17.5. The van der Waals surface area contributed by atoms with Crippen molar-refractivity contribution in [2.24, 2.45) is 0 Å². The largest absolute Gasteiger partial charge is 0.366 e. The number of rotatable bonds is 6. The SMILES string of the molecule is O=C(N1CCC(c2cc(NCc3cccnc3)n3ncc(Br)c3n2)CC1)C1(c2ccccc2)CC1. The molecule has 2 aliphatic rings. The summed E-state index contributed by atoms with van der Waals surface area (Å²) in [4.78, 5) is 24.7. The van der Waals surface area contributed by atoms with Crippen LogP contribution < -0.4 is 5.32 Å². The monoisotopic (exact) mass is 530 g/mol. The average Bonchev–Trinajstić information content (AvgIpc) is 3.65. The zero-order chi connectivity index (χ0) is 23.8. The third-order valence-electron chi connectivity index (χ3n) is 7.33. The second-order valence-electron chi connectivity index (χ2n) is 9.52. The van der Waals surface area contributed by atoms with E-state index in [-0.39, 0.29) is 5.41 Å². The third kappa shape index (κ3) is 4.20. The van der Waals surface area contributed by atoms with Crippen LogP contribution in [0.15, 0.2) is 71.6 Å². The number of pyridine rings is 1. The van der Waals surface area contributed by atoms with Crippen LogP contribution in [0.4, 0.5) is 5.82 Å². The molecule has 0 radical (unpaired) electrons. The van der Waals surface area contributed by atoms with Gasteiger partial charge >= 0.3 is 0 Å². The summed E-state index contributed by atoms with van der Waals surface area (Å²) in [5.41, 5.74) is 3.81. The van der Waals surface area contributed by atoms with Gasteiger partial charge in [0.25, 0.3) is 0 Å². The van der Waals surface area contributed by atoms with Gasteiger partial charge in [0, 0.05) is 49.7 Å². The van der Waals surface area contributed by atoms with Gasteiger partial charge in [0.15, 0.2) is 5.65 Å². The topological polar surface area (TPSA) is 75.4 Å². The molecule has 3 aromatic heterocycles. The lowest BCUT2D eigenvalue weighted by Gasteiger charge is -2.34. The van der Waals surface area contributed by atoms with E-state index in [9.17, 15) is 4.79 Å². The first-order valence-electron chi connectivity index (χ1n) is 12.2. The van der Waals surface area contributed by atoms with Crippen LogP contribution in [0.25, 0.3) is 5.65 Å². The molecule has 1 saturated heterocycles. The van der Waals surface area contributed by atoms with E-state index in [4.69, 9.17) is 4.98 Å². The Morgan fingerprint density at radius 3 is 2.60 bits per heavy atom. The quantitative estimate of drug-likeness (QED) is 0.382. The van der Waals surface area contributed by atoms with Crippen molar-refractivity contribution < 1.29 is 4.79 Å². The van der Waals surface area contributed by atoms with Gasteiger partial charge in [-0.15, -0.1) is 0 Å². The Balaban J connectivity index is 1.19. The Bertz CT molecular complexity index is 1340.